The average molecular weight is 312 g/mol. The molecule has 0 radical (unpaired) electrons. The van der Waals surface area contributed by atoms with Gasteiger partial charge in [0.25, 0.3) is 0 Å². The van der Waals surface area contributed by atoms with E-state index in [1.54, 1.807) is 6.07 Å². The van der Waals surface area contributed by atoms with Gasteiger partial charge in [-0.05, 0) is 25.1 Å². The molecule has 0 amide bonds. The third kappa shape index (κ3) is 3.83. The Hall–Kier alpha value is -1.40. The molecule has 6 heteroatoms. The van der Waals surface area contributed by atoms with Crippen LogP contribution in [-0.2, 0) is 11.3 Å². The van der Waals surface area contributed by atoms with Gasteiger partial charge >= 0.3 is 0 Å². The minimum absolute atomic E-state index is 0.226. The highest BCUT2D eigenvalue weighted by molar-refractivity contribution is 7.71. The maximum Gasteiger partial charge on any atom is 0.178 e. The van der Waals surface area contributed by atoms with Crippen molar-refractivity contribution in [2.24, 2.45) is 0 Å². The molecule has 0 saturated heterocycles. The molecule has 1 heterocycles. The largest absolute Gasteiger partial charge is 0.494 e. The van der Waals surface area contributed by atoms with Crippen LogP contribution in [0.5, 0.6) is 5.75 Å². The summed E-state index contributed by atoms with van der Waals surface area (Å²) in [5.74, 6) is -0.166. The second-order valence-electron chi connectivity index (χ2n) is 4.91. The molecule has 0 spiro atoms. The summed E-state index contributed by atoms with van der Waals surface area (Å²) in [4.78, 5) is 3.02. The standard InChI is InChI=1S/C15H21FN2O2S/c1-3-4-7-20-8-5-6-18-13-10-14(19-2)11(16)9-12(13)17-15(18)21/h9-10H,3-8H2,1-2H3,(H,17,21). The van der Waals surface area contributed by atoms with Gasteiger partial charge in [-0.3, -0.25) is 0 Å². The van der Waals surface area contributed by atoms with E-state index < -0.39 is 5.82 Å². The molecule has 0 unspecified atom stereocenters. The third-order valence-electron chi connectivity index (χ3n) is 3.36. The first kappa shape index (κ1) is 16.0. The van der Waals surface area contributed by atoms with E-state index in [4.69, 9.17) is 21.7 Å². The number of ether oxygens (including phenoxy) is 2. The molecule has 1 aromatic carbocycles. The van der Waals surface area contributed by atoms with Gasteiger partial charge in [-0.15, -0.1) is 0 Å². The highest BCUT2D eigenvalue weighted by Crippen LogP contribution is 2.24. The molecule has 2 rings (SSSR count). The molecule has 0 fully saturated rings. The van der Waals surface area contributed by atoms with Crippen LogP contribution in [0.25, 0.3) is 11.0 Å². The number of hydrogen-bond acceptors (Lipinski definition) is 3. The van der Waals surface area contributed by atoms with Crippen molar-refractivity contribution >= 4 is 23.3 Å². The zero-order valence-electron chi connectivity index (χ0n) is 12.4. The highest BCUT2D eigenvalue weighted by Gasteiger charge is 2.10. The minimum atomic E-state index is -0.392. The van der Waals surface area contributed by atoms with Crippen molar-refractivity contribution in [3.05, 3.63) is 22.7 Å². The van der Waals surface area contributed by atoms with Crippen molar-refractivity contribution in [2.45, 2.75) is 32.7 Å². The number of hydrogen-bond donors (Lipinski definition) is 1. The van der Waals surface area contributed by atoms with Gasteiger partial charge in [0, 0.05) is 31.9 Å². The van der Waals surface area contributed by atoms with Crippen molar-refractivity contribution in [1.29, 1.82) is 0 Å². The molecule has 1 aromatic heterocycles. The molecule has 116 valence electrons. The van der Waals surface area contributed by atoms with Gasteiger partial charge in [-0.1, -0.05) is 13.3 Å². The summed E-state index contributed by atoms with van der Waals surface area (Å²) < 4.78 is 26.8. The van der Waals surface area contributed by atoms with E-state index in [1.165, 1.54) is 13.2 Å². The highest BCUT2D eigenvalue weighted by atomic mass is 32.1. The lowest BCUT2D eigenvalue weighted by Crippen LogP contribution is -2.04. The van der Waals surface area contributed by atoms with E-state index in [9.17, 15) is 4.39 Å². The SMILES string of the molecule is CCCCOCCCn1c(=S)[nH]c2cc(F)c(OC)cc21. The molecule has 4 nitrogen and oxygen atoms in total. The summed E-state index contributed by atoms with van der Waals surface area (Å²) in [7, 11) is 1.46. The lowest BCUT2D eigenvalue weighted by molar-refractivity contribution is 0.126. The first-order valence-electron chi connectivity index (χ1n) is 7.21. The molecule has 0 aliphatic heterocycles. The topological polar surface area (TPSA) is 39.2 Å². The van der Waals surface area contributed by atoms with Crippen molar-refractivity contribution in [2.75, 3.05) is 20.3 Å². The van der Waals surface area contributed by atoms with Crippen LogP contribution < -0.4 is 4.74 Å². The zero-order chi connectivity index (χ0) is 15.2. The van der Waals surface area contributed by atoms with E-state index in [0.717, 1.165) is 37.9 Å². The number of halogens is 1. The number of rotatable bonds is 8. The zero-order valence-corrected chi connectivity index (χ0v) is 13.3. The second-order valence-corrected chi connectivity index (χ2v) is 5.29. The Labute approximate surface area is 128 Å². The van der Waals surface area contributed by atoms with E-state index in [1.807, 2.05) is 4.57 Å². The number of aryl methyl sites for hydroxylation is 1. The Kier molecular flexibility index (Phi) is 5.76. The van der Waals surface area contributed by atoms with E-state index in [0.29, 0.717) is 16.9 Å². The van der Waals surface area contributed by atoms with E-state index in [2.05, 4.69) is 11.9 Å². The third-order valence-corrected chi connectivity index (χ3v) is 3.68. The molecular formula is C15H21FN2O2S. The summed E-state index contributed by atoms with van der Waals surface area (Å²) in [6.07, 6.45) is 3.09. The number of aromatic amines is 1. The van der Waals surface area contributed by atoms with Gasteiger partial charge in [0.05, 0.1) is 18.1 Å². The maximum absolute atomic E-state index is 13.7. The molecule has 0 aliphatic rings. The van der Waals surface area contributed by atoms with Crippen LogP contribution in [0.4, 0.5) is 4.39 Å². The monoisotopic (exact) mass is 312 g/mol. The second kappa shape index (κ2) is 7.56. The Bertz CT molecular complexity index is 651. The summed E-state index contributed by atoms with van der Waals surface area (Å²) >= 11 is 5.30. The summed E-state index contributed by atoms with van der Waals surface area (Å²) in [6.45, 7) is 4.38. The number of methoxy groups -OCH3 is 1. The first-order valence-corrected chi connectivity index (χ1v) is 7.62. The lowest BCUT2D eigenvalue weighted by atomic mass is 10.2. The average Bonchev–Trinajstić information content (AvgIpc) is 2.76. The molecule has 2 aromatic rings. The van der Waals surface area contributed by atoms with Gasteiger partial charge in [-0.2, -0.15) is 0 Å². The van der Waals surface area contributed by atoms with Crippen molar-refractivity contribution in [3.63, 3.8) is 0 Å². The fourth-order valence-electron chi connectivity index (χ4n) is 2.21. The van der Waals surface area contributed by atoms with E-state index >= 15 is 0 Å². The Morgan fingerprint density at radius 2 is 2.05 bits per heavy atom. The van der Waals surface area contributed by atoms with Crippen LogP contribution in [0.2, 0.25) is 0 Å². The van der Waals surface area contributed by atoms with Gasteiger partial charge in [0.2, 0.25) is 0 Å². The lowest BCUT2D eigenvalue weighted by Gasteiger charge is -2.07. The number of benzene rings is 1. The number of imidazole rings is 1. The van der Waals surface area contributed by atoms with Gasteiger partial charge in [0.15, 0.2) is 16.3 Å². The molecule has 1 N–H and O–H groups in total. The number of unbranched alkanes of at least 4 members (excludes halogenated alkanes) is 1. The Morgan fingerprint density at radius 3 is 2.76 bits per heavy atom. The van der Waals surface area contributed by atoms with Gasteiger partial charge in [-0.25, -0.2) is 4.39 Å². The summed E-state index contributed by atoms with van der Waals surface area (Å²) in [6, 6.07) is 3.09. The number of H-pyrrole nitrogens is 1. The van der Waals surface area contributed by atoms with Gasteiger partial charge < -0.3 is 19.0 Å². The predicted octanol–water partition coefficient (Wildman–Crippen LogP) is 4.05. The Morgan fingerprint density at radius 1 is 1.29 bits per heavy atom. The van der Waals surface area contributed by atoms with E-state index in [-0.39, 0.29) is 5.75 Å². The van der Waals surface area contributed by atoms with Crippen LogP contribution in [-0.4, -0.2) is 29.9 Å². The fraction of sp³-hybridized carbons (Fsp3) is 0.533. The van der Waals surface area contributed by atoms with Crippen LogP contribution in [0.15, 0.2) is 12.1 Å². The van der Waals surface area contributed by atoms with Gasteiger partial charge in [0.1, 0.15) is 0 Å². The van der Waals surface area contributed by atoms with Crippen molar-refractivity contribution in [1.82, 2.24) is 9.55 Å². The number of aromatic nitrogens is 2. The smallest absolute Gasteiger partial charge is 0.178 e. The molecule has 21 heavy (non-hydrogen) atoms. The molecular weight excluding hydrogens is 291 g/mol. The van der Waals surface area contributed by atoms with Crippen LogP contribution in [0.3, 0.4) is 0 Å². The molecule has 0 saturated carbocycles. The van der Waals surface area contributed by atoms with Crippen LogP contribution >= 0.6 is 12.2 Å². The van der Waals surface area contributed by atoms with Crippen LogP contribution in [0, 0.1) is 10.6 Å². The van der Waals surface area contributed by atoms with Crippen molar-refractivity contribution in [3.8, 4) is 5.75 Å². The quantitative estimate of drug-likeness (QED) is 0.590. The number of nitrogens with zero attached hydrogens (tertiary/aromatic N) is 1. The minimum Gasteiger partial charge on any atom is -0.494 e. The van der Waals surface area contributed by atoms with Crippen molar-refractivity contribution < 1.29 is 13.9 Å². The fourth-order valence-corrected chi connectivity index (χ4v) is 2.51. The molecule has 0 bridgehead atoms. The van der Waals surface area contributed by atoms with Crippen LogP contribution in [0.1, 0.15) is 26.2 Å². The number of nitrogens with one attached hydrogen (secondary N) is 1. The normalized spacial score (nSPS) is 11.2. The predicted molar refractivity (Wildman–Crippen MR) is 84.0 cm³/mol. The first-order chi connectivity index (χ1) is 10.2. The number of fused-ring (bicyclic) bond motifs is 1. The summed E-state index contributed by atoms with van der Waals surface area (Å²) in [5.41, 5.74) is 1.54. The molecule has 0 aliphatic carbocycles. The molecule has 0 atom stereocenters. The summed E-state index contributed by atoms with van der Waals surface area (Å²) in [5, 5.41) is 0. The maximum atomic E-state index is 13.7. The Balaban J connectivity index is 2.08.